The normalized spacial score (nSPS) is 11.6. The number of pyridine rings is 1. The fourth-order valence-corrected chi connectivity index (χ4v) is 3.26. The maximum Gasteiger partial charge on any atom is 0.416 e. The second-order valence-corrected chi connectivity index (χ2v) is 6.93. The molecule has 1 amide bonds. The molecular formula is C22H17F3N4O. The van der Waals surface area contributed by atoms with Gasteiger partial charge in [-0.1, -0.05) is 24.3 Å². The maximum atomic E-state index is 12.9. The number of hydrogen-bond donors (Lipinski definition) is 1. The Morgan fingerprint density at radius 3 is 2.50 bits per heavy atom. The van der Waals surface area contributed by atoms with E-state index < -0.39 is 11.7 Å². The van der Waals surface area contributed by atoms with Crippen LogP contribution in [0, 0.1) is 6.92 Å². The lowest BCUT2D eigenvalue weighted by Crippen LogP contribution is -2.15. The second-order valence-electron chi connectivity index (χ2n) is 6.93. The number of nitrogens with one attached hydrogen (secondary N) is 1. The second kappa shape index (κ2) is 7.62. The number of hydrogen-bond acceptors (Lipinski definition) is 3. The van der Waals surface area contributed by atoms with Gasteiger partial charge in [0, 0.05) is 11.9 Å². The van der Waals surface area contributed by atoms with Crippen molar-refractivity contribution in [1.29, 1.82) is 0 Å². The van der Waals surface area contributed by atoms with Crippen molar-refractivity contribution in [2.45, 2.75) is 19.5 Å². The average Bonchev–Trinajstić information content (AvgIpc) is 3.15. The highest BCUT2D eigenvalue weighted by Gasteiger charge is 2.32. The van der Waals surface area contributed by atoms with Crippen LogP contribution < -0.4 is 5.32 Å². The van der Waals surface area contributed by atoms with Gasteiger partial charge in [0.1, 0.15) is 6.33 Å². The van der Waals surface area contributed by atoms with Crippen LogP contribution >= 0.6 is 0 Å². The minimum Gasteiger partial charge on any atom is -0.326 e. The molecular weight excluding hydrogens is 393 g/mol. The summed E-state index contributed by atoms with van der Waals surface area (Å²) in [5.74, 6) is -0.299. The van der Waals surface area contributed by atoms with Gasteiger partial charge in [0.15, 0.2) is 5.65 Å². The predicted octanol–water partition coefficient (Wildman–Crippen LogP) is 4.90. The van der Waals surface area contributed by atoms with Crippen molar-refractivity contribution in [1.82, 2.24) is 14.6 Å². The van der Waals surface area contributed by atoms with Crippen LogP contribution in [0.4, 0.5) is 18.9 Å². The molecule has 0 aliphatic heterocycles. The van der Waals surface area contributed by atoms with Crippen molar-refractivity contribution in [3.8, 4) is 11.1 Å². The third kappa shape index (κ3) is 4.17. The van der Waals surface area contributed by atoms with Crippen LogP contribution in [-0.2, 0) is 17.4 Å². The average molecular weight is 410 g/mol. The number of halogens is 3. The Kier molecular flexibility index (Phi) is 4.99. The summed E-state index contributed by atoms with van der Waals surface area (Å²) in [5.41, 5.74) is 3.18. The summed E-state index contributed by atoms with van der Waals surface area (Å²) in [6, 6.07) is 14.9. The number of rotatable bonds is 4. The van der Waals surface area contributed by atoms with Gasteiger partial charge >= 0.3 is 6.18 Å². The summed E-state index contributed by atoms with van der Waals surface area (Å²) in [6.07, 6.45) is -0.985. The summed E-state index contributed by atoms with van der Waals surface area (Å²) in [6.45, 7) is 1.37. The number of carbonyl (C=O) groups excluding carboxylic acids is 1. The summed E-state index contributed by atoms with van der Waals surface area (Å²) in [7, 11) is 0. The smallest absolute Gasteiger partial charge is 0.326 e. The maximum absolute atomic E-state index is 12.9. The Morgan fingerprint density at radius 1 is 1.03 bits per heavy atom. The Hall–Kier alpha value is -3.68. The van der Waals surface area contributed by atoms with E-state index in [2.05, 4.69) is 15.4 Å². The molecule has 1 N–H and O–H groups in total. The van der Waals surface area contributed by atoms with E-state index in [9.17, 15) is 18.0 Å². The molecule has 0 saturated heterocycles. The molecule has 0 fully saturated rings. The van der Waals surface area contributed by atoms with Gasteiger partial charge in [0.2, 0.25) is 5.91 Å². The van der Waals surface area contributed by atoms with Crippen molar-refractivity contribution in [2.75, 3.05) is 5.32 Å². The third-order valence-electron chi connectivity index (χ3n) is 4.75. The molecule has 0 radical (unpaired) electrons. The van der Waals surface area contributed by atoms with Gasteiger partial charge in [-0.25, -0.2) is 9.50 Å². The number of nitrogens with zero attached hydrogens (tertiary/aromatic N) is 3. The fourth-order valence-electron chi connectivity index (χ4n) is 3.26. The number of fused-ring (bicyclic) bond motifs is 1. The first-order valence-electron chi connectivity index (χ1n) is 9.16. The van der Waals surface area contributed by atoms with Crippen molar-refractivity contribution >= 4 is 17.2 Å². The van der Waals surface area contributed by atoms with E-state index in [1.165, 1.54) is 25.4 Å². The minimum absolute atomic E-state index is 0.0642. The van der Waals surface area contributed by atoms with Crippen LogP contribution in [0.25, 0.3) is 16.8 Å². The summed E-state index contributed by atoms with van der Waals surface area (Å²) < 4.78 is 40.2. The molecule has 8 heteroatoms. The van der Waals surface area contributed by atoms with E-state index in [1.807, 2.05) is 42.6 Å². The quantitative estimate of drug-likeness (QED) is 0.520. The zero-order chi connectivity index (χ0) is 21.3. The van der Waals surface area contributed by atoms with Gasteiger partial charge in [-0.3, -0.25) is 4.79 Å². The molecule has 0 unspecified atom stereocenters. The van der Waals surface area contributed by atoms with Crippen LogP contribution in [0.1, 0.15) is 16.7 Å². The molecule has 2 aromatic carbocycles. The van der Waals surface area contributed by atoms with Crippen LogP contribution in [0.2, 0.25) is 0 Å². The molecule has 30 heavy (non-hydrogen) atoms. The molecule has 4 aromatic rings. The SMILES string of the molecule is Cc1cc(NC(=O)Cc2ccc(-c3ccn4ncnc4c3)cc2)ccc1C(F)(F)F. The van der Waals surface area contributed by atoms with Gasteiger partial charge in [0.25, 0.3) is 0 Å². The Bertz CT molecular complexity index is 1210. The standard InChI is InChI=1S/C22H17F3N4O/c1-14-10-18(6-7-19(14)22(23,24)25)28-21(30)11-15-2-4-16(5-3-15)17-8-9-29-20(12-17)26-13-27-29/h2-10,12-13H,11H2,1H3,(H,28,30). The van der Waals surface area contributed by atoms with Crippen LogP contribution in [-0.4, -0.2) is 20.5 Å². The lowest BCUT2D eigenvalue weighted by Gasteiger charge is -2.12. The van der Waals surface area contributed by atoms with Crippen molar-refractivity contribution in [3.05, 3.63) is 83.8 Å². The number of amides is 1. The Morgan fingerprint density at radius 2 is 1.80 bits per heavy atom. The van der Waals surface area contributed by atoms with E-state index in [1.54, 1.807) is 4.52 Å². The van der Waals surface area contributed by atoms with Crippen LogP contribution in [0.15, 0.2) is 67.1 Å². The highest BCUT2D eigenvalue weighted by atomic mass is 19.4. The van der Waals surface area contributed by atoms with Gasteiger partial charge in [0.05, 0.1) is 12.0 Å². The zero-order valence-corrected chi connectivity index (χ0v) is 15.9. The Balaban J connectivity index is 1.43. The van der Waals surface area contributed by atoms with Crippen LogP contribution in [0.3, 0.4) is 0 Å². The fraction of sp³-hybridized carbons (Fsp3) is 0.136. The Labute approximate surface area is 170 Å². The first-order valence-corrected chi connectivity index (χ1v) is 9.16. The summed E-state index contributed by atoms with van der Waals surface area (Å²) in [5, 5.41) is 6.71. The molecule has 0 aliphatic rings. The molecule has 0 aliphatic carbocycles. The summed E-state index contributed by atoms with van der Waals surface area (Å²) in [4.78, 5) is 16.5. The number of benzene rings is 2. The predicted molar refractivity (Wildman–Crippen MR) is 107 cm³/mol. The zero-order valence-electron chi connectivity index (χ0n) is 15.9. The van der Waals surface area contributed by atoms with Gasteiger partial charge in [-0.05, 0) is 59.5 Å². The van der Waals surface area contributed by atoms with E-state index in [0.29, 0.717) is 5.69 Å². The van der Waals surface area contributed by atoms with E-state index in [4.69, 9.17) is 0 Å². The molecule has 4 rings (SSSR count). The van der Waals surface area contributed by atoms with E-state index in [-0.39, 0.29) is 17.9 Å². The molecule has 0 bridgehead atoms. The molecule has 0 atom stereocenters. The van der Waals surface area contributed by atoms with Crippen molar-refractivity contribution in [3.63, 3.8) is 0 Å². The third-order valence-corrected chi connectivity index (χ3v) is 4.75. The molecule has 2 aromatic heterocycles. The number of anilines is 1. The van der Waals surface area contributed by atoms with Gasteiger partial charge in [-0.15, -0.1) is 0 Å². The monoisotopic (exact) mass is 410 g/mol. The lowest BCUT2D eigenvalue weighted by molar-refractivity contribution is -0.138. The molecule has 0 spiro atoms. The first kappa shape index (κ1) is 19.6. The lowest BCUT2D eigenvalue weighted by atomic mass is 10.0. The molecule has 5 nitrogen and oxygen atoms in total. The molecule has 152 valence electrons. The van der Waals surface area contributed by atoms with E-state index in [0.717, 1.165) is 28.4 Å². The number of alkyl halides is 3. The van der Waals surface area contributed by atoms with Crippen LogP contribution in [0.5, 0.6) is 0 Å². The van der Waals surface area contributed by atoms with E-state index >= 15 is 0 Å². The van der Waals surface area contributed by atoms with Gasteiger partial charge < -0.3 is 5.32 Å². The van der Waals surface area contributed by atoms with Gasteiger partial charge in [-0.2, -0.15) is 18.3 Å². The molecule has 2 heterocycles. The number of carbonyl (C=O) groups is 1. The van der Waals surface area contributed by atoms with Crippen molar-refractivity contribution in [2.24, 2.45) is 0 Å². The first-order chi connectivity index (χ1) is 14.3. The highest BCUT2D eigenvalue weighted by molar-refractivity contribution is 5.92. The largest absolute Gasteiger partial charge is 0.416 e. The molecule has 0 saturated carbocycles. The topological polar surface area (TPSA) is 59.3 Å². The minimum atomic E-state index is -4.41. The number of aromatic nitrogens is 3. The number of aryl methyl sites for hydroxylation is 1. The highest BCUT2D eigenvalue weighted by Crippen LogP contribution is 2.32. The van der Waals surface area contributed by atoms with Crippen molar-refractivity contribution < 1.29 is 18.0 Å². The summed E-state index contributed by atoms with van der Waals surface area (Å²) >= 11 is 0.